The molecule has 1 atom stereocenters. The van der Waals surface area contributed by atoms with Crippen LogP contribution in [-0.2, 0) is 24.4 Å². The van der Waals surface area contributed by atoms with Crippen molar-refractivity contribution in [2.24, 2.45) is 0 Å². The van der Waals surface area contributed by atoms with Crippen LogP contribution in [0.5, 0.6) is 0 Å². The van der Waals surface area contributed by atoms with Crippen molar-refractivity contribution in [3.05, 3.63) is 65.7 Å². The van der Waals surface area contributed by atoms with Crippen LogP contribution in [0.2, 0.25) is 0 Å². The summed E-state index contributed by atoms with van der Waals surface area (Å²) in [4.78, 5) is 31.0. The predicted octanol–water partition coefficient (Wildman–Crippen LogP) is 1.85. The molecule has 0 saturated heterocycles. The van der Waals surface area contributed by atoms with E-state index in [4.69, 9.17) is 9.57 Å². The largest absolute Gasteiger partial charge is 0.444 e. The third-order valence-electron chi connectivity index (χ3n) is 3.96. The summed E-state index contributed by atoms with van der Waals surface area (Å²) in [5.41, 5.74) is 0.510. The predicted molar refractivity (Wildman–Crippen MR) is 102 cm³/mol. The number of amides is 1. The first-order valence-electron chi connectivity index (χ1n) is 8.28. The molecule has 0 aliphatic carbocycles. The van der Waals surface area contributed by atoms with Gasteiger partial charge in [-0.1, -0.05) is 40.9 Å². The molecule has 9 heteroatoms. The molecule has 2 rings (SSSR count). The summed E-state index contributed by atoms with van der Waals surface area (Å²) in [6.45, 7) is 0. The first kappa shape index (κ1) is 21.5. The second-order valence-electron chi connectivity index (χ2n) is 6.05. The van der Waals surface area contributed by atoms with Gasteiger partial charge < -0.3 is 9.64 Å². The van der Waals surface area contributed by atoms with Crippen molar-refractivity contribution in [2.45, 2.75) is 11.0 Å². The number of carbonyl (C=O) groups excluding carboxylic acids is 2. The third kappa shape index (κ3) is 4.75. The van der Waals surface area contributed by atoms with E-state index in [9.17, 15) is 18.0 Å². The van der Waals surface area contributed by atoms with Gasteiger partial charge in [0.15, 0.2) is 0 Å². The zero-order chi connectivity index (χ0) is 20.9. The van der Waals surface area contributed by atoms with E-state index in [-0.39, 0.29) is 10.5 Å². The van der Waals surface area contributed by atoms with Gasteiger partial charge in [-0.2, -0.15) is 0 Å². The maximum absolute atomic E-state index is 12.6. The van der Waals surface area contributed by atoms with E-state index in [1.165, 1.54) is 43.3 Å². The van der Waals surface area contributed by atoms with Gasteiger partial charge >= 0.3 is 5.97 Å². The minimum atomic E-state index is -3.93. The molecule has 1 amide bonds. The molecule has 0 spiro atoms. The van der Waals surface area contributed by atoms with Crippen LogP contribution in [0.3, 0.4) is 0 Å². The Balaban J connectivity index is 2.34. The monoisotopic (exact) mass is 406 g/mol. The van der Waals surface area contributed by atoms with E-state index < -0.39 is 28.0 Å². The molecule has 0 saturated carbocycles. The fourth-order valence-electron chi connectivity index (χ4n) is 2.33. The number of carbonyl (C=O) groups is 2. The minimum absolute atomic E-state index is 0.00179. The number of ether oxygens (including phenoxy) is 1. The summed E-state index contributed by atoms with van der Waals surface area (Å²) < 4.78 is 30.8. The second-order valence-corrected chi connectivity index (χ2v) is 7.99. The minimum Gasteiger partial charge on any atom is -0.444 e. The smallest absolute Gasteiger partial charge is 0.339 e. The number of nitrogens with zero attached hydrogens (tertiary/aromatic N) is 2. The highest BCUT2D eigenvalue weighted by molar-refractivity contribution is 7.89. The molecular formula is C19H22N2O6S. The Bertz CT molecular complexity index is 944. The number of hydroxylamine groups is 1. The number of sulfonamides is 1. The number of rotatable bonds is 7. The van der Waals surface area contributed by atoms with Crippen LogP contribution in [0, 0.1) is 0 Å². The zero-order valence-corrected chi connectivity index (χ0v) is 16.8. The first-order chi connectivity index (χ1) is 13.2. The normalized spacial score (nSPS) is 12.5. The lowest BCUT2D eigenvalue weighted by Gasteiger charge is -2.21. The maximum Gasteiger partial charge on any atom is 0.339 e. The Morgan fingerprint density at radius 2 is 1.61 bits per heavy atom. The van der Waals surface area contributed by atoms with Crippen LogP contribution in [-0.4, -0.2) is 57.9 Å². The van der Waals surface area contributed by atoms with E-state index in [2.05, 4.69) is 0 Å². The average Bonchev–Trinajstić information content (AvgIpc) is 2.71. The van der Waals surface area contributed by atoms with Gasteiger partial charge in [0.25, 0.3) is 15.9 Å². The van der Waals surface area contributed by atoms with Gasteiger partial charge in [-0.05, 0) is 18.2 Å². The molecule has 0 heterocycles. The average molecular weight is 406 g/mol. The summed E-state index contributed by atoms with van der Waals surface area (Å²) in [7, 11) is 1.64. The van der Waals surface area contributed by atoms with Gasteiger partial charge in [0.1, 0.15) is 0 Å². The lowest BCUT2D eigenvalue weighted by atomic mass is 10.1. The summed E-state index contributed by atoms with van der Waals surface area (Å²) in [6, 6.07) is 13.9. The molecule has 0 bridgehead atoms. The molecule has 0 radical (unpaired) electrons. The van der Waals surface area contributed by atoms with E-state index in [1.54, 1.807) is 44.4 Å². The lowest BCUT2D eigenvalue weighted by Crippen LogP contribution is -2.31. The van der Waals surface area contributed by atoms with Crippen LogP contribution < -0.4 is 0 Å². The van der Waals surface area contributed by atoms with Gasteiger partial charge in [0.05, 0.1) is 17.6 Å². The highest BCUT2D eigenvalue weighted by atomic mass is 32.2. The molecule has 2 aromatic rings. The van der Waals surface area contributed by atoms with Crippen LogP contribution in [0.1, 0.15) is 22.0 Å². The summed E-state index contributed by atoms with van der Waals surface area (Å²) in [5.74, 6) is -1.23. The van der Waals surface area contributed by atoms with E-state index >= 15 is 0 Å². The van der Waals surface area contributed by atoms with E-state index in [0.29, 0.717) is 10.0 Å². The van der Waals surface area contributed by atoms with Crippen molar-refractivity contribution in [2.75, 3.05) is 28.3 Å². The maximum atomic E-state index is 12.6. The van der Waals surface area contributed by atoms with Crippen molar-refractivity contribution in [3.63, 3.8) is 0 Å². The number of likely N-dealkylation sites (N-methyl/N-ethyl adjacent to an activating group) is 1. The quantitative estimate of drug-likeness (QED) is 0.515. The Morgan fingerprint density at radius 1 is 0.964 bits per heavy atom. The van der Waals surface area contributed by atoms with Crippen LogP contribution in [0.25, 0.3) is 0 Å². The molecule has 2 aromatic carbocycles. The molecule has 0 fully saturated rings. The number of benzene rings is 2. The lowest BCUT2D eigenvalue weighted by molar-refractivity contribution is -0.138. The Kier molecular flexibility index (Phi) is 6.90. The summed E-state index contributed by atoms with van der Waals surface area (Å²) in [5, 5.41) is 0. The Labute approximate surface area is 164 Å². The zero-order valence-electron chi connectivity index (χ0n) is 16.0. The first-order valence-corrected chi connectivity index (χ1v) is 9.72. The van der Waals surface area contributed by atoms with Gasteiger partial charge in [0, 0.05) is 26.7 Å². The van der Waals surface area contributed by atoms with Crippen molar-refractivity contribution in [3.8, 4) is 0 Å². The molecule has 28 heavy (non-hydrogen) atoms. The molecule has 0 N–H and O–H groups in total. The molecule has 0 aliphatic rings. The molecule has 0 aliphatic heterocycles. The van der Waals surface area contributed by atoms with Crippen LogP contribution >= 0.6 is 0 Å². The topological polar surface area (TPSA) is 93.2 Å². The van der Waals surface area contributed by atoms with Crippen molar-refractivity contribution >= 4 is 21.9 Å². The van der Waals surface area contributed by atoms with Crippen molar-refractivity contribution in [1.29, 1.82) is 0 Å². The van der Waals surface area contributed by atoms with E-state index in [0.717, 1.165) is 0 Å². The summed E-state index contributed by atoms with van der Waals surface area (Å²) in [6.07, 6.45) is -1.15. The van der Waals surface area contributed by atoms with Crippen molar-refractivity contribution < 1.29 is 27.6 Å². The molecule has 8 nitrogen and oxygen atoms in total. The van der Waals surface area contributed by atoms with Gasteiger partial charge in [-0.15, -0.1) is 0 Å². The van der Waals surface area contributed by atoms with E-state index in [1.807, 2.05) is 0 Å². The number of esters is 1. The van der Waals surface area contributed by atoms with Gasteiger partial charge in [0.2, 0.25) is 6.10 Å². The SMILES string of the molecule is CON(C)S(=O)(=O)c1cccc(C(=O)O[C@H](C(=O)N(C)C)c2ccccc2)c1. The Hall–Kier alpha value is -2.75. The Morgan fingerprint density at radius 3 is 2.18 bits per heavy atom. The third-order valence-corrected chi connectivity index (χ3v) is 5.63. The molecule has 150 valence electrons. The highest BCUT2D eigenvalue weighted by Crippen LogP contribution is 2.23. The second kappa shape index (κ2) is 8.96. The van der Waals surface area contributed by atoms with Gasteiger partial charge in [-0.25, -0.2) is 13.2 Å². The van der Waals surface area contributed by atoms with Gasteiger partial charge in [-0.3, -0.25) is 9.63 Å². The molecular weight excluding hydrogens is 384 g/mol. The van der Waals surface area contributed by atoms with Crippen LogP contribution in [0.15, 0.2) is 59.5 Å². The highest BCUT2D eigenvalue weighted by Gasteiger charge is 2.28. The summed E-state index contributed by atoms with van der Waals surface area (Å²) >= 11 is 0. The van der Waals surface area contributed by atoms with Crippen molar-refractivity contribution in [1.82, 2.24) is 9.37 Å². The molecule has 0 aromatic heterocycles. The fourth-order valence-corrected chi connectivity index (χ4v) is 3.35. The van der Waals surface area contributed by atoms with Crippen LogP contribution in [0.4, 0.5) is 0 Å². The number of hydrogen-bond donors (Lipinski definition) is 0. The fraction of sp³-hybridized carbons (Fsp3) is 0.263. The standard InChI is InChI=1S/C19H22N2O6S/c1-20(2)18(22)17(14-9-6-5-7-10-14)27-19(23)15-11-8-12-16(13-15)28(24,25)21(3)26-4/h5-13,17H,1-4H3/t17-/m0/s1. The number of hydrogen-bond acceptors (Lipinski definition) is 6. The molecule has 0 unspecified atom stereocenters.